The largest absolute Gasteiger partial charge is 0.434 e. The average molecular weight is 530 g/mol. The minimum Gasteiger partial charge on any atom is -0.434 e. The number of nitrogens with one attached hydrogen (secondary N) is 2. The number of anilines is 1. The van der Waals surface area contributed by atoms with Gasteiger partial charge in [0.25, 0.3) is 0 Å². The van der Waals surface area contributed by atoms with Crippen molar-refractivity contribution in [1.82, 2.24) is 29.7 Å². The Balaban J connectivity index is 1.40. The number of aromatic amines is 1. The second-order valence-electron chi connectivity index (χ2n) is 8.54. The molecule has 3 N–H and O–H groups in total. The first kappa shape index (κ1) is 25.0. The molecule has 5 rings (SSSR count). The van der Waals surface area contributed by atoms with E-state index in [0.29, 0.717) is 41.2 Å². The van der Waals surface area contributed by atoms with Crippen molar-refractivity contribution >= 4 is 29.0 Å². The Morgan fingerprint density at radius 3 is 2.89 bits per heavy atom. The minimum atomic E-state index is -3.01. The van der Waals surface area contributed by atoms with Gasteiger partial charge in [0, 0.05) is 54.3 Å². The van der Waals surface area contributed by atoms with Crippen molar-refractivity contribution in [3.63, 3.8) is 0 Å². The van der Waals surface area contributed by atoms with Crippen LogP contribution in [0.1, 0.15) is 31.6 Å². The van der Waals surface area contributed by atoms with E-state index in [4.69, 9.17) is 4.74 Å². The molecule has 1 amide bonds. The number of rotatable bonds is 8. The van der Waals surface area contributed by atoms with E-state index < -0.39 is 12.8 Å². The van der Waals surface area contributed by atoms with Crippen LogP contribution in [0.2, 0.25) is 0 Å². The zero-order valence-corrected chi connectivity index (χ0v) is 20.7. The number of ether oxygens (including phenoxy) is 1. The number of hydrogen-bond donors (Lipinski definition) is 3. The summed E-state index contributed by atoms with van der Waals surface area (Å²) in [5.41, 5.74) is 1.97. The molecule has 10 nitrogen and oxygen atoms in total. The topological polar surface area (TPSA) is 121 Å². The van der Waals surface area contributed by atoms with Gasteiger partial charge in [0.15, 0.2) is 11.9 Å². The van der Waals surface area contributed by atoms with Gasteiger partial charge < -0.3 is 20.1 Å². The van der Waals surface area contributed by atoms with Crippen LogP contribution in [0.25, 0.3) is 16.9 Å². The molecule has 1 fully saturated rings. The lowest BCUT2D eigenvalue weighted by molar-refractivity contribution is -0.129. The first-order valence-electron chi connectivity index (χ1n) is 11.7. The van der Waals surface area contributed by atoms with Gasteiger partial charge in [-0.3, -0.25) is 9.89 Å². The van der Waals surface area contributed by atoms with Crippen LogP contribution in [0.5, 0.6) is 5.75 Å². The fraction of sp³-hybridized carbons (Fsp3) is 0.333. The van der Waals surface area contributed by atoms with E-state index in [1.54, 1.807) is 49.3 Å². The van der Waals surface area contributed by atoms with Crippen LogP contribution in [0.3, 0.4) is 0 Å². The predicted molar refractivity (Wildman–Crippen MR) is 133 cm³/mol. The molecule has 194 valence electrons. The SMILES string of the molecule is CC(=O)N1CCC(Sc2ccc(OC(F)F)c(-c3n[nH]cc3NC(O)c3cnn4cccnc34)c2)CC1. The zero-order chi connectivity index (χ0) is 25.9. The van der Waals surface area contributed by atoms with E-state index in [1.165, 1.54) is 23.0 Å². The molecule has 37 heavy (non-hydrogen) atoms. The standard InChI is InChI=1S/C24H25F2N7O3S/c1-14(34)32-9-5-15(6-10-32)37-16-3-4-20(36-24(25)26)17(11-16)21-19(13-28-31-21)30-23(35)18-12-29-33-8-2-7-27-22(18)33/h2-4,7-8,11-13,15,23-24,30,35H,5-6,9-10H2,1H3,(H,28,31). The van der Waals surface area contributed by atoms with Crippen molar-refractivity contribution < 1.29 is 23.4 Å². The van der Waals surface area contributed by atoms with E-state index in [9.17, 15) is 18.7 Å². The summed E-state index contributed by atoms with van der Waals surface area (Å²) in [4.78, 5) is 18.6. The lowest BCUT2D eigenvalue weighted by Crippen LogP contribution is -2.37. The number of hydrogen-bond acceptors (Lipinski definition) is 8. The Labute approximate surface area is 215 Å². The summed E-state index contributed by atoms with van der Waals surface area (Å²) in [5, 5.41) is 25.3. The molecule has 0 radical (unpaired) electrons. The number of thioether (sulfide) groups is 1. The Kier molecular flexibility index (Phi) is 7.24. The molecule has 0 aliphatic carbocycles. The number of carbonyl (C=O) groups excluding carboxylic acids is 1. The molecule has 1 aliphatic heterocycles. The number of piperidine rings is 1. The molecule has 4 aromatic rings. The number of aromatic nitrogens is 5. The average Bonchev–Trinajstić information content (AvgIpc) is 3.52. The fourth-order valence-electron chi connectivity index (χ4n) is 4.32. The number of H-pyrrole nitrogens is 1. The van der Waals surface area contributed by atoms with Gasteiger partial charge in [0.1, 0.15) is 11.4 Å². The van der Waals surface area contributed by atoms with Gasteiger partial charge in [-0.2, -0.15) is 19.0 Å². The summed E-state index contributed by atoms with van der Waals surface area (Å²) in [7, 11) is 0. The number of nitrogens with zero attached hydrogens (tertiary/aromatic N) is 5. The predicted octanol–water partition coefficient (Wildman–Crippen LogP) is 3.93. The summed E-state index contributed by atoms with van der Waals surface area (Å²) in [6.45, 7) is -0.0641. The Hall–Kier alpha value is -3.71. The summed E-state index contributed by atoms with van der Waals surface area (Å²) < 4.78 is 32.7. The molecule has 4 heterocycles. The third-order valence-corrected chi connectivity index (χ3v) is 7.48. The lowest BCUT2D eigenvalue weighted by atomic mass is 10.1. The van der Waals surface area contributed by atoms with Crippen molar-refractivity contribution in [3.8, 4) is 17.0 Å². The van der Waals surface area contributed by atoms with Gasteiger partial charge in [-0.1, -0.05) is 0 Å². The molecule has 0 spiro atoms. The highest BCUT2D eigenvalue weighted by Crippen LogP contribution is 2.40. The second kappa shape index (κ2) is 10.7. The minimum absolute atomic E-state index is 0.0342. The molecular weight excluding hydrogens is 504 g/mol. The second-order valence-corrected chi connectivity index (χ2v) is 9.92. The number of aliphatic hydroxyl groups is 1. The van der Waals surface area contributed by atoms with Crippen molar-refractivity contribution in [1.29, 1.82) is 0 Å². The molecule has 1 aromatic carbocycles. The van der Waals surface area contributed by atoms with Gasteiger partial charge in [-0.15, -0.1) is 11.8 Å². The highest BCUT2D eigenvalue weighted by molar-refractivity contribution is 8.00. The molecular formula is C24H25F2N7O3S. The van der Waals surface area contributed by atoms with Crippen LogP contribution in [0, 0.1) is 0 Å². The highest BCUT2D eigenvalue weighted by Gasteiger charge is 2.24. The normalized spacial score (nSPS) is 15.3. The van der Waals surface area contributed by atoms with Crippen LogP contribution >= 0.6 is 11.8 Å². The van der Waals surface area contributed by atoms with Gasteiger partial charge in [-0.05, 0) is 37.1 Å². The number of amides is 1. The van der Waals surface area contributed by atoms with Crippen molar-refractivity contribution in [2.75, 3.05) is 18.4 Å². The van der Waals surface area contributed by atoms with E-state index in [2.05, 4.69) is 25.6 Å². The number of carbonyl (C=O) groups is 1. The lowest BCUT2D eigenvalue weighted by Gasteiger charge is -2.31. The van der Waals surface area contributed by atoms with E-state index in [0.717, 1.165) is 17.7 Å². The molecule has 1 atom stereocenters. The number of alkyl halides is 2. The first-order valence-corrected chi connectivity index (χ1v) is 12.5. The summed E-state index contributed by atoms with van der Waals surface area (Å²) in [5.74, 6) is 0.0351. The number of aliphatic hydroxyl groups excluding tert-OH is 1. The molecule has 1 saturated heterocycles. The van der Waals surface area contributed by atoms with Crippen LogP contribution in [-0.2, 0) is 4.79 Å². The number of benzene rings is 1. The molecule has 0 saturated carbocycles. The summed E-state index contributed by atoms with van der Waals surface area (Å²) in [6.07, 6.45) is 6.82. The van der Waals surface area contributed by atoms with Gasteiger partial charge >= 0.3 is 6.61 Å². The van der Waals surface area contributed by atoms with Crippen LogP contribution in [0.4, 0.5) is 14.5 Å². The molecule has 13 heteroatoms. The summed E-state index contributed by atoms with van der Waals surface area (Å²) >= 11 is 1.63. The smallest absolute Gasteiger partial charge is 0.387 e. The Morgan fingerprint density at radius 1 is 1.32 bits per heavy atom. The van der Waals surface area contributed by atoms with Gasteiger partial charge in [-0.25, -0.2) is 9.50 Å². The van der Waals surface area contributed by atoms with Crippen molar-refractivity contribution in [2.45, 2.75) is 42.8 Å². The summed E-state index contributed by atoms with van der Waals surface area (Å²) in [6, 6.07) is 6.71. The molecule has 1 aliphatic rings. The third kappa shape index (κ3) is 5.52. The van der Waals surface area contributed by atoms with E-state index in [1.807, 2.05) is 4.90 Å². The van der Waals surface area contributed by atoms with Gasteiger partial charge in [0.2, 0.25) is 5.91 Å². The van der Waals surface area contributed by atoms with Crippen molar-refractivity contribution in [2.24, 2.45) is 0 Å². The number of halogens is 2. The Morgan fingerprint density at radius 2 is 2.14 bits per heavy atom. The van der Waals surface area contributed by atoms with Crippen molar-refractivity contribution in [3.05, 3.63) is 54.6 Å². The van der Waals surface area contributed by atoms with Crippen LogP contribution in [0.15, 0.2) is 53.9 Å². The maximum absolute atomic E-state index is 13.2. The van der Waals surface area contributed by atoms with E-state index in [-0.39, 0.29) is 16.9 Å². The maximum atomic E-state index is 13.2. The van der Waals surface area contributed by atoms with Crippen LogP contribution in [-0.4, -0.2) is 65.7 Å². The highest BCUT2D eigenvalue weighted by atomic mass is 32.2. The third-order valence-electron chi connectivity index (χ3n) is 6.15. The molecule has 3 aromatic heterocycles. The first-order chi connectivity index (χ1) is 17.9. The fourth-order valence-corrected chi connectivity index (χ4v) is 5.48. The number of fused-ring (bicyclic) bond motifs is 1. The number of likely N-dealkylation sites (tertiary alicyclic amines) is 1. The quantitative estimate of drug-likeness (QED) is 0.294. The van der Waals surface area contributed by atoms with E-state index >= 15 is 0 Å². The van der Waals surface area contributed by atoms with Crippen LogP contribution < -0.4 is 10.1 Å². The molecule has 1 unspecified atom stereocenters. The Bertz CT molecular complexity index is 1390. The van der Waals surface area contributed by atoms with Gasteiger partial charge in [0.05, 0.1) is 17.4 Å². The maximum Gasteiger partial charge on any atom is 0.387 e. The molecule has 0 bridgehead atoms. The zero-order valence-electron chi connectivity index (χ0n) is 19.8. The monoisotopic (exact) mass is 529 g/mol.